The molecule has 106 valence electrons. The van der Waals surface area contributed by atoms with Gasteiger partial charge in [-0.1, -0.05) is 13.8 Å². The largest absolute Gasteiger partial charge is 0.338 e. The van der Waals surface area contributed by atoms with E-state index in [0.717, 1.165) is 6.42 Å². The zero-order chi connectivity index (χ0) is 13.8. The molecule has 0 aromatic heterocycles. The third-order valence-electron chi connectivity index (χ3n) is 3.25. The Hall–Kier alpha value is -0.780. The van der Waals surface area contributed by atoms with Crippen LogP contribution in [0.4, 0.5) is 4.79 Å². The molecule has 0 spiro atoms. The van der Waals surface area contributed by atoms with E-state index in [1.54, 1.807) is 4.90 Å². The molecule has 0 aliphatic carbocycles. The molecule has 1 aliphatic rings. The van der Waals surface area contributed by atoms with Crippen LogP contribution in [-0.2, 0) is 9.84 Å². The molecule has 1 heterocycles. The maximum absolute atomic E-state index is 12.0. The van der Waals surface area contributed by atoms with Crippen LogP contribution in [0.25, 0.3) is 0 Å². The SMILES string of the molecule is CCN(C(=O)NCCC(C)C)C1CCS(=O)(=O)C1. The second-order valence-corrected chi connectivity index (χ2v) is 7.49. The third-order valence-corrected chi connectivity index (χ3v) is 5.00. The maximum atomic E-state index is 12.0. The van der Waals surface area contributed by atoms with E-state index >= 15 is 0 Å². The van der Waals surface area contributed by atoms with Gasteiger partial charge in [0.15, 0.2) is 9.84 Å². The van der Waals surface area contributed by atoms with Gasteiger partial charge in [0, 0.05) is 19.1 Å². The smallest absolute Gasteiger partial charge is 0.317 e. The number of sulfone groups is 1. The Balaban J connectivity index is 2.48. The minimum Gasteiger partial charge on any atom is -0.338 e. The topological polar surface area (TPSA) is 66.5 Å². The molecule has 1 atom stereocenters. The van der Waals surface area contributed by atoms with Crippen LogP contribution in [0.5, 0.6) is 0 Å². The van der Waals surface area contributed by atoms with Crippen LogP contribution in [0.3, 0.4) is 0 Å². The van der Waals surface area contributed by atoms with Crippen molar-refractivity contribution in [1.82, 2.24) is 10.2 Å². The molecule has 1 rings (SSSR count). The number of carbonyl (C=O) groups excluding carboxylic acids is 1. The van der Waals surface area contributed by atoms with E-state index in [4.69, 9.17) is 0 Å². The average molecular weight is 276 g/mol. The van der Waals surface area contributed by atoms with Crippen LogP contribution in [0, 0.1) is 5.92 Å². The van der Waals surface area contributed by atoms with Crippen molar-refractivity contribution in [1.29, 1.82) is 0 Å². The van der Waals surface area contributed by atoms with Gasteiger partial charge in [0.2, 0.25) is 0 Å². The van der Waals surface area contributed by atoms with Crippen molar-refractivity contribution >= 4 is 15.9 Å². The summed E-state index contributed by atoms with van der Waals surface area (Å²) in [6, 6.07) is -0.292. The van der Waals surface area contributed by atoms with Crippen molar-refractivity contribution in [3.05, 3.63) is 0 Å². The number of hydrogen-bond acceptors (Lipinski definition) is 3. The lowest BCUT2D eigenvalue weighted by atomic mass is 10.1. The predicted molar refractivity (Wildman–Crippen MR) is 72.3 cm³/mol. The molecule has 1 unspecified atom stereocenters. The standard InChI is InChI=1S/C12H24N2O3S/c1-4-14(11-6-8-18(16,17)9-11)12(15)13-7-5-10(2)3/h10-11H,4-9H2,1-3H3,(H,13,15). The monoisotopic (exact) mass is 276 g/mol. The van der Waals surface area contributed by atoms with Crippen molar-refractivity contribution in [2.24, 2.45) is 5.92 Å². The second kappa shape index (κ2) is 6.41. The maximum Gasteiger partial charge on any atom is 0.317 e. The van der Waals surface area contributed by atoms with Crippen molar-refractivity contribution in [2.75, 3.05) is 24.6 Å². The fourth-order valence-electron chi connectivity index (χ4n) is 2.16. The summed E-state index contributed by atoms with van der Waals surface area (Å²) in [7, 11) is -2.94. The van der Waals surface area contributed by atoms with Crippen molar-refractivity contribution in [3.8, 4) is 0 Å². The predicted octanol–water partition coefficient (Wildman–Crippen LogP) is 1.25. The Bertz CT molecular complexity index is 379. The van der Waals surface area contributed by atoms with Crippen LogP contribution in [-0.4, -0.2) is 50.0 Å². The van der Waals surface area contributed by atoms with Crippen LogP contribution in [0.1, 0.15) is 33.6 Å². The second-order valence-electron chi connectivity index (χ2n) is 5.26. The number of urea groups is 1. The molecule has 1 fully saturated rings. The van der Waals surface area contributed by atoms with Crippen molar-refractivity contribution < 1.29 is 13.2 Å². The van der Waals surface area contributed by atoms with Gasteiger partial charge in [0.1, 0.15) is 0 Å². The summed E-state index contributed by atoms with van der Waals surface area (Å²) in [6.07, 6.45) is 1.50. The normalized spacial score (nSPS) is 22.1. The van der Waals surface area contributed by atoms with E-state index in [2.05, 4.69) is 19.2 Å². The Labute approximate surface area is 110 Å². The highest BCUT2D eigenvalue weighted by molar-refractivity contribution is 7.91. The Kier molecular flexibility index (Phi) is 5.44. The Morgan fingerprint density at radius 2 is 2.11 bits per heavy atom. The first-order chi connectivity index (χ1) is 8.35. The Morgan fingerprint density at radius 3 is 2.56 bits per heavy atom. The lowest BCUT2D eigenvalue weighted by Crippen LogP contribution is -2.47. The summed E-state index contributed by atoms with van der Waals surface area (Å²) in [5, 5.41) is 2.86. The van der Waals surface area contributed by atoms with E-state index in [-0.39, 0.29) is 23.6 Å². The molecule has 18 heavy (non-hydrogen) atoms. The van der Waals surface area contributed by atoms with Crippen molar-refractivity contribution in [3.63, 3.8) is 0 Å². The fourth-order valence-corrected chi connectivity index (χ4v) is 3.89. The highest BCUT2D eigenvalue weighted by Crippen LogP contribution is 2.17. The molecule has 1 N–H and O–H groups in total. The van der Waals surface area contributed by atoms with Gasteiger partial charge >= 0.3 is 6.03 Å². The van der Waals surface area contributed by atoms with E-state index in [9.17, 15) is 13.2 Å². The molecule has 6 heteroatoms. The van der Waals surface area contributed by atoms with Gasteiger partial charge in [-0.05, 0) is 25.7 Å². The van der Waals surface area contributed by atoms with Gasteiger partial charge in [-0.25, -0.2) is 13.2 Å². The lowest BCUT2D eigenvalue weighted by Gasteiger charge is -2.27. The quantitative estimate of drug-likeness (QED) is 0.822. The lowest BCUT2D eigenvalue weighted by molar-refractivity contribution is 0.183. The highest BCUT2D eigenvalue weighted by atomic mass is 32.2. The fraction of sp³-hybridized carbons (Fsp3) is 0.917. The van der Waals surface area contributed by atoms with Crippen LogP contribution in [0.2, 0.25) is 0 Å². The van der Waals surface area contributed by atoms with Gasteiger partial charge in [-0.15, -0.1) is 0 Å². The summed E-state index contributed by atoms with van der Waals surface area (Å²) >= 11 is 0. The first-order valence-corrected chi connectivity index (χ1v) is 8.42. The molecule has 0 saturated carbocycles. The van der Waals surface area contributed by atoms with Crippen molar-refractivity contribution in [2.45, 2.75) is 39.7 Å². The summed E-state index contributed by atoms with van der Waals surface area (Å²) < 4.78 is 22.9. The number of hydrogen-bond donors (Lipinski definition) is 1. The summed E-state index contributed by atoms with van der Waals surface area (Å²) in [5.41, 5.74) is 0. The van der Waals surface area contributed by atoms with Crippen LogP contribution >= 0.6 is 0 Å². The molecule has 5 nitrogen and oxygen atoms in total. The van der Waals surface area contributed by atoms with Crippen LogP contribution < -0.4 is 5.32 Å². The number of carbonyl (C=O) groups is 1. The van der Waals surface area contributed by atoms with Gasteiger partial charge < -0.3 is 10.2 Å². The number of nitrogens with one attached hydrogen (secondary N) is 1. The Morgan fingerprint density at radius 1 is 1.44 bits per heavy atom. The average Bonchev–Trinajstić information content (AvgIpc) is 2.59. The molecule has 0 aromatic rings. The molecule has 0 bridgehead atoms. The highest BCUT2D eigenvalue weighted by Gasteiger charge is 2.33. The minimum atomic E-state index is -2.94. The zero-order valence-electron chi connectivity index (χ0n) is 11.5. The molecular weight excluding hydrogens is 252 g/mol. The number of amides is 2. The van der Waals surface area contributed by atoms with E-state index in [1.165, 1.54) is 0 Å². The summed E-state index contributed by atoms with van der Waals surface area (Å²) in [5.74, 6) is 0.860. The van der Waals surface area contributed by atoms with Gasteiger partial charge in [0.25, 0.3) is 0 Å². The number of rotatable bonds is 5. The van der Waals surface area contributed by atoms with Gasteiger partial charge in [0.05, 0.1) is 11.5 Å². The molecule has 0 aromatic carbocycles. The molecule has 2 amide bonds. The summed E-state index contributed by atoms with van der Waals surface area (Å²) in [4.78, 5) is 13.6. The van der Waals surface area contributed by atoms with Gasteiger partial charge in [-0.2, -0.15) is 0 Å². The van der Waals surface area contributed by atoms with E-state index in [0.29, 0.717) is 25.4 Å². The van der Waals surface area contributed by atoms with Gasteiger partial charge in [-0.3, -0.25) is 0 Å². The molecular formula is C12H24N2O3S. The molecule has 1 saturated heterocycles. The first kappa shape index (κ1) is 15.3. The van der Waals surface area contributed by atoms with E-state index < -0.39 is 9.84 Å². The van der Waals surface area contributed by atoms with Crippen LogP contribution in [0.15, 0.2) is 0 Å². The molecule has 1 aliphatic heterocycles. The minimum absolute atomic E-state index is 0.110. The number of nitrogens with zero attached hydrogens (tertiary/aromatic N) is 1. The summed E-state index contributed by atoms with van der Waals surface area (Å²) in [6.45, 7) is 7.29. The van der Waals surface area contributed by atoms with E-state index in [1.807, 2.05) is 6.92 Å². The first-order valence-electron chi connectivity index (χ1n) is 6.60. The third kappa shape index (κ3) is 4.48. The zero-order valence-corrected chi connectivity index (χ0v) is 12.3. The molecule has 0 radical (unpaired) electrons.